The zero-order chi connectivity index (χ0) is 29.0. The number of benzene rings is 3. The Hall–Kier alpha value is -4.80. The van der Waals surface area contributed by atoms with Gasteiger partial charge < -0.3 is 29.4 Å². The van der Waals surface area contributed by atoms with Gasteiger partial charge >= 0.3 is 0 Å². The van der Waals surface area contributed by atoms with Gasteiger partial charge in [0.25, 0.3) is 0 Å². The van der Waals surface area contributed by atoms with Crippen LogP contribution in [0.25, 0.3) is 28.1 Å². The Morgan fingerprint density at radius 2 is 1.78 bits per heavy atom. The predicted molar refractivity (Wildman–Crippen MR) is 159 cm³/mol. The first-order valence-corrected chi connectivity index (χ1v) is 13.0. The van der Waals surface area contributed by atoms with Gasteiger partial charge in [-0.3, -0.25) is 4.79 Å². The lowest BCUT2D eigenvalue weighted by Gasteiger charge is -2.24. The molecule has 2 heterocycles. The minimum atomic E-state index is -0.951. The van der Waals surface area contributed by atoms with Gasteiger partial charge in [0.15, 0.2) is 5.72 Å². The minimum absolute atomic E-state index is 0.126. The van der Waals surface area contributed by atoms with Crippen LogP contribution in [0.5, 0.6) is 5.88 Å². The Balaban J connectivity index is 1.80. The lowest BCUT2D eigenvalue weighted by atomic mass is 10.1. The minimum Gasteiger partial charge on any atom is -0.480 e. The summed E-state index contributed by atoms with van der Waals surface area (Å²) in [5.41, 5.74) is 5.34. The van der Waals surface area contributed by atoms with Crippen molar-refractivity contribution in [2.75, 3.05) is 38.6 Å². The number of anilines is 3. The van der Waals surface area contributed by atoms with Crippen LogP contribution in [-0.4, -0.2) is 54.1 Å². The van der Waals surface area contributed by atoms with E-state index in [9.17, 15) is 4.79 Å². The molecule has 0 bridgehead atoms. The van der Waals surface area contributed by atoms with Crippen LogP contribution < -0.4 is 20.7 Å². The third kappa shape index (κ3) is 5.88. The second-order valence-corrected chi connectivity index (χ2v) is 9.63. The van der Waals surface area contributed by atoms with Crippen LogP contribution in [0.4, 0.5) is 17.1 Å². The Kier molecular flexibility index (Phi) is 7.95. The molecule has 0 fully saturated rings. The summed E-state index contributed by atoms with van der Waals surface area (Å²) in [5, 5.41) is 6.90. The van der Waals surface area contributed by atoms with Gasteiger partial charge in [-0.2, -0.15) is 0 Å². The molecule has 0 saturated heterocycles. The number of rotatable bonds is 9. The molecule has 2 N–H and O–H groups in total. The lowest BCUT2D eigenvalue weighted by Crippen LogP contribution is -2.33. The maximum atomic E-state index is 11.6. The molecular weight excluding hydrogens is 520 g/mol. The SMILES string of the molecule is COCC(C)(/N=c1\cc2n(-c3ccc(NC(C)=O)cc3)c3ccccc3nc-2cc1Nc1cccnc1OC)OC. The molecule has 1 aliphatic carbocycles. The van der Waals surface area contributed by atoms with E-state index in [2.05, 4.69) is 20.2 Å². The Morgan fingerprint density at radius 3 is 2.49 bits per heavy atom. The molecule has 1 aliphatic heterocycles. The van der Waals surface area contributed by atoms with Gasteiger partial charge in [-0.15, -0.1) is 0 Å². The molecule has 210 valence electrons. The Morgan fingerprint density at radius 1 is 1.00 bits per heavy atom. The van der Waals surface area contributed by atoms with E-state index in [1.54, 1.807) is 27.5 Å². The van der Waals surface area contributed by atoms with E-state index in [4.69, 9.17) is 24.2 Å². The van der Waals surface area contributed by atoms with Gasteiger partial charge in [-0.25, -0.2) is 15.0 Å². The van der Waals surface area contributed by atoms with Gasteiger partial charge in [0, 0.05) is 38.7 Å². The number of hydrogen-bond acceptors (Lipinski definition) is 8. The number of para-hydroxylation sites is 2. The number of pyridine rings is 1. The first kappa shape index (κ1) is 27.8. The molecule has 2 aliphatic rings. The topological polar surface area (TPSA) is 112 Å². The number of carbonyl (C=O) groups is 1. The maximum Gasteiger partial charge on any atom is 0.237 e. The average Bonchev–Trinajstić information content (AvgIpc) is 2.97. The Labute approximate surface area is 238 Å². The highest BCUT2D eigenvalue weighted by Crippen LogP contribution is 2.32. The number of ether oxygens (including phenoxy) is 3. The molecule has 1 atom stereocenters. The highest BCUT2D eigenvalue weighted by atomic mass is 16.5. The fourth-order valence-corrected chi connectivity index (χ4v) is 4.66. The highest BCUT2D eigenvalue weighted by molar-refractivity contribution is 5.89. The van der Waals surface area contributed by atoms with E-state index in [0.29, 0.717) is 28.3 Å². The van der Waals surface area contributed by atoms with Crippen molar-refractivity contribution >= 4 is 34.0 Å². The van der Waals surface area contributed by atoms with Crippen LogP contribution in [-0.2, 0) is 14.3 Å². The lowest BCUT2D eigenvalue weighted by molar-refractivity contribution is -0.114. The maximum absolute atomic E-state index is 11.6. The predicted octanol–water partition coefficient (Wildman–Crippen LogP) is 5.15. The van der Waals surface area contributed by atoms with Crippen LogP contribution >= 0.6 is 0 Å². The molecule has 10 nitrogen and oxygen atoms in total. The highest BCUT2D eigenvalue weighted by Gasteiger charge is 2.24. The number of methoxy groups -OCH3 is 3. The third-order valence-corrected chi connectivity index (χ3v) is 6.59. The van der Waals surface area contributed by atoms with E-state index < -0.39 is 5.72 Å². The van der Waals surface area contributed by atoms with Crippen molar-refractivity contribution in [2.45, 2.75) is 19.6 Å². The fourth-order valence-electron chi connectivity index (χ4n) is 4.66. The molecule has 3 aromatic rings. The van der Waals surface area contributed by atoms with Crippen LogP contribution in [0.15, 0.2) is 84.0 Å². The van der Waals surface area contributed by atoms with Crippen molar-refractivity contribution < 1.29 is 19.0 Å². The molecule has 5 rings (SSSR count). The van der Waals surface area contributed by atoms with E-state index in [0.717, 1.165) is 28.1 Å². The molecule has 1 amide bonds. The summed E-state index contributed by atoms with van der Waals surface area (Å²) in [7, 11) is 4.79. The molecule has 0 spiro atoms. The summed E-state index contributed by atoms with van der Waals surface area (Å²) in [6, 6.07) is 23.3. The van der Waals surface area contributed by atoms with Crippen molar-refractivity contribution in [1.82, 2.24) is 14.5 Å². The van der Waals surface area contributed by atoms with E-state index in [1.807, 2.05) is 79.7 Å². The molecule has 1 aromatic heterocycles. The quantitative estimate of drug-likeness (QED) is 0.243. The van der Waals surface area contributed by atoms with Crippen molar-refractivity contribution in [3.63, 3.8) is 0 Å². The zero-order valence-electron chi connectivity index (χ0n) is 23.6. The molecule has 41 heavy (non-hydrogen) atoms. The van der Waals surface area contributed by atoms with Crippen LogP contribution in [0.1, 0.15) is 13.8 Å². The molecule has 0 saturated carbocycles. The first-order chi connectivity index (χ1) is 19.8. The number of hydrogen-bond donors (Lipinski definition) is 2. The first-order valence-electron chi connectivity index (χ1n) is 13.0. The summed E-state index contributed by atoms with van der Waals surface area (Å²) in [6.45, 7) is 3.60. The number of nitrogens with one attached hydrogen (secondary N) is 2. The summed E-state index contributed by atoms with van der Waals surface area (Å²) in [4.78, 5) is 25.9. The average molecular weight is 553 g/mol. The Bertz CT molecular complexity index is 1730. The van der Waals surface area contributed by atoms with Crippen molar-refractivity contribution in [3.05, 3.63) is 84.4 Å². The van der Waals surface area contributed by atoms with Crippen LogP contribution in [0.3, 0.4) is 0 Å². The summed E-state index contributed by atoms with van der Waals surface area (Å²) in [5.74, 6) is 0.324. The molecule has 0 radical (unpaired) electrons. The molecule has 1 unspecified atom stereocenters. The van der Waals surface area contributed by atoms with Crippen molar-refractivity contribution in [2.24, 2.45) is 4.99 Å². The molecular formula is C31H32N6O4. The van der Waals surface area contributed by atoms with Gasteiger partial charge in [-0.1, -0.05) is 12.1 Å². The number of carbonyl (C=O) groups excluding carboxylic acids is 1. The second-order valence-electron chi connectivity index (χ2n) is 9.63. The number of fused-ring (bicyclic) bond motifs is 2. The van der Waals surface area contributed by atoms with Crippen LogP contribution in [0, 0.1) is 0 Å². The van der Waals surface area contributed by atoms with Crippen molar-refractivity contribution in [3.8, 4) is 23.0 Å². The number of amides is 1. The van der Waals surface area contributed by atoms with E-state index in [-0.39, 0.29) is 12.5 Å². The van der Waals surface area contributed by atoms with Crippen LogP contribution in [0.2, 0.25) is 0 Å². The normalized spacial score (nSPS) is 13.2. The van der Waals surface area contributed by atoms with Crippen molar-refractivity contribution in [1.29, 1.82) is 0 Å². The van der Waals surface area contributed by atoms with Gasteiger partial charge in [0.05, 0.1) is 47.2 Å². The molecule has 10 heteroatoms. The van der Waals surface area contributed by atoms with Gasteiger partial charge in [0.2, 0.25) is 11.8 Å². The summed E-state index contributed by atoms with van der Waals surface area (Å²) >= 11 is 0. The number of aromatic nitrogens is 3. The fraction of sp³-hybridized carbons (Fsp3) is 0.226. The van der Waals surface area contributed by atoms with E-state index >= 15 is 0 Å². The monoisotopic (exact) mass is 552 g/mol. The second kappa shape index (κ2) is 11.7. The molecule has 2 aromatic carbocycles. The summed E-state index contributed by atoms with van der Waals surface area (Å²) in [6.07, 6.45) is 1.67. The van der Waals surface area contributed by atoms with Gasteiger partial charge in [-0.05, 0) is 67.6 Å². The number of nitrogens with zero attached hydrogens (tertiary/aromatic N) is 4. The third-order valence-electron chi connectivity index (χ3n) is 6.59. The largest absolute Gasteiger partial charge is 0.480 e. The smallest absolute Gasteiger partial charge is 0.237 e. The van der Waals surface area contributed by atoms with E-state index in [1.165, 1.54) is 6.92 Å². The van der Waals surface area contributed by atoms with Gasteiger partial charge in [0.1, 0.15) is 5.69 Å². The summed E-state index contributed by atoms with van der Waals surface area (Å²) < 4.78 is 18.8. The standard InChI is InChI=1S/C31H32N6O4/c1-20(38)33-21-12-14-22(15-13-21)37-28-11-7-6-9-23(28)34-27-17-25(35-24-10-8-16-32-30(24)40-4)26(18-29(27)37)36-31(2,41-5)19-39-3/h6-18,35H,19H2,1-5H3,(H,33,38)/b36-26+. The zero-order valence-corrected chi connectivity index (χ0v) is 23.6.